The Morgan fingerprint density at radius 3 is 2.37 bits per heavy atom. The van der Waals surface area contributed by atoms with Crippen molar-refractivity contribution in [2.45, 2.75) is 46.5 Å². The van der Waals surface area contributed by atoms with Crippen molar-refractivity contribution < 1.29 is 4.79 Å². The standard InChI is InChI=1S/C24H26N2O/c1-4-6-7-22-15-25-23(20-13-12-18(5-2)21(14-20)16-27)24(26-22)19-10-8-17(3)9-11-19/h8-16H,4-7H2,1-3H3. The van der Waals surface area contributed by atoms with Crippen LogP contribution in [0.25, 0.3) is 22.5 Å². The van der Waals surface area contributed by atoms with Crippen LogP contribution in [0.2, 0.25) is 0 Å². The van der Waals surface area contributed by atoms with Gasteiger partial charge in [0, 0.05) is 22.9 Å². The highest BCUT2D eigenvalue weighted by atomic mass is 16.1. The number of benzene rings is 2. The summed E-state index contributed by atoms with van der Waals surface area (Å²) in [5, 5.41) is 0. The van der Waals surface area contributed by atoms with Crippen LogP contribution in [-0.2, 0) is 12.8 Å². The smallest absolute Gasteiger partial charge is 0.150 e. The van der Waals surface area contributed by atoms with E-state index in [0.29, 0.717) is 0 Å². The molecule has 0 radical (unpaired) electrons. The van der Waals surface area contributed by atoms with Crippen molar-refractivity contribution in [3.05, 3.63) is 71.0 Å². The van der Waals surface area contributed by atoms with Gasteiger partial charge in [0.05, 0.1) is 17.1 Å². The second-order valence-electron chi connectivity index (χ2n) is 6.91. The monoisotopic (exact) mass is 358 g/mol. The molecule has 0 atom stereocenters. The molecule has 3 aromatic rings. The van der Waals surface area contributed by atoms with Gasteiger partial charge < -0.3 is 0 Å². The largest absolute Gasteiger partial charge is 0.298 e. The fraction of sp³-hybridized carbons (Fsp3) is 0.292. The molecule has 0 aliphatic carbocycles. The van der Waals surface area contributed by atoms with Gasteiger partial charge in [0.2, 0.25) is 0 Å². The second-order valence-corrected chi connectivity index (χ2v) is 6.91. The van der Waals surface area contributed by atoms with Crippen LogP contribution in [0.3, 0.4) is 0 Å². The average molecular weight is 358 g/mol. The number of carbonyl (C=O) groups excluding carboxylic acids is 1. The van der Waals surface area contributed by atoms with Gasteiger partial charge in [-0.2, -0.15) is 0 Å². The van der Waals surface area contributed by atoms with Gasteiger partial charge >= 0.3 is 0 Å². The summed E-state index contributed by atoms with van der Waals surface area (Å²) in [6.07, 6.45) is 6.79. The molecule has 0 fully saturated rings. The normalized spacial score (nSPS) is 10.8. The van der Waals surface area contributed by atoms with E-state index in [2.05, 4.69) is 45.0 Å². The van der Waals surface area contributed by atoms with Crippen molar-refractivity contribution in [2.75, 3.05) is 0 Å². The first kappa shape index (κ1) is 19.0. The SMILES string of the molecule is CCCCc1cnc(-c2ccc(CC)c(C=O)c2)c(-c2ccc(C)cc2)n1. The van der Waals surface area contributed by atoms with E-state index in [1.54, 1.807) is 0 Å². The lowest BCUT2D eigenvalue weighted by atomic mass is 9.98. The minimum absolute atomic E-state index is 0.724. The van der Waals surface area contributed by atoms with E-state index in [1.165, 1.54) is 5.56 Å². The molecule has 0 unspecified atom stereocenters. The van der Waals surface area contributed by atoms with Crippen molar-refractivity contribution in [3.8, 4) is 22.5 Å². The summed E-state index contributed by atoms with van der Waals surface area (Å²) in [5.41, 5.74) is 7.69. The third kappa shape index (κ3) is 4.30. The van der Waals surface area contributed by atoms with Gasteiger partial charge in [0.15, 0.2) is 0 Å². The summed E-state index contributed by atoms with van der Waals surface area (Å²) in [5.74, 6) is 0. The lowest BCUT2D eigenvalue weighted by molar-refractivity contribution is 0.112. The van der Waals surface area contributed by atoms with Crippen molar-refractivity contribution in [1.29, 1.82) is 0 Å². The van der Waals surface area contributed by atoms with E-state index in [0.717, 1.165) is 71.3 Å². The number of aromatic nitrogens is 2. The fourth-order valence-electron chi connectivity index (χ4n) is 3.20. The summed E-state index contributed by atoms with van der Waals surface area (Å²) >= 11 is 0. The molecule has 3 rings (SSSR count). The summed E-state index contributed by atoms with van der Waals surface area (Å²) in [4.78, 5) is 21.2. The maximum atomic E-state index is 11.5. The first-order chi connectivity index (χ1) is 13.2. The van der Waals surface area contributed by atoms with Crippen molar-refractivity contribution in [2.24, 2.45) is 0 Å². The summed E-state index contributed by atoms with van der Waals surface area (Å²) in [7, 11) is 0. The molecule has 0 saturated carbocycles. The third-order valence-electron chi connectivity index (χ3n) is 4.86. The third-order valence-corrected chi connectivity index (χ3v) is 4.86. The van der Waals surface area contributed by atoms with Gasteiger partial charge in [-0.3, -0.25) is 9.78 Å². The number of aldehydes is 1. The maximum absolute atomic E-state index is 11.5. The van der Waals surface area contributed by atoms with Crippen LogP contribution in [0.15, 0.2) is 48.7 Å². The summed E-state index contributed by atoms with van der Waals surface area (Å²) in [6.45, 7) is 6.31. The van der Waals surface area contributed by atoms with Crippen molar-refractivity contribution in [1.82, 2.24) is 9.97 Å². The molecule has 2 aromatic carbocycles. The molecular formula is C24H26N2O. The zero-order valence-electron chi connectivity index (χ0n) is 16.3. The van der Waals surface area contributed by atoms with Gasteiger partial charge in [0.25, 0.3) is 0 Å². The quantitative estimate of drug-likeness (QED) is 0.499. The van der Waals surface area contributed by atoms with Crippen LogP contribution >= 0.6 is 0 Å². The fourth-order valence-corrected chi connectivity index (χ4v) is 3.20. The van der Waals surface area contributed by atoms with E-state index in [1.807, 2.05) is 24.4 Å². The number of nitrogens with zero attached hydrogens (tertiary/aromatic N) is 2. The number of carbonyl (C=O) groups is 1. The van der Waals surface area contributed by atoms with E-state index >= 15 is 0 Å². The number of rotatable bonds is 7. The van der Waals surface area contributed by atoms with E-state index in [-0.39, 0.29) is 0 Å². The van der Waals surface area contributed by atoms with E-state index < -0.39 is 0 Å². The lowest BCUT2D eigenvalue weighted by Crippen LogP contribution is -2.00. The van der Waals surface area contributed by atoms with Crippen LogP contribution in [0.5, 0.6) is 0 Å². The van der Waals surface area contributed by atoms with Crippen molar-refractivity contribution in [3.63, 3.8) is 0 Å². The first-order valence-corrected chi connectivity index (χ1v) is 9.67. The number of aryl methyl sites for hydroxylation is 3. The summed E-state index contributed by atoms with van der Waals surface area (Å²) in [6, 6.07) is 14.4. The number of hydrogen-bond acceptors (Lipinski definition) is 3. The molecule has 3 heteroatoms. The number of hydrogen-bond donors (Lipinski definition) is 0. The Morgan fingerprint density at radius 2 is 1.70 bits per heavy atom. The Balaban J connectivity index is 2.14. The molecule has 1 aromatic heterocycles. The zero-order chi connectivity index (χ0) is 19.2. The Labute approximate surface area is 161 Å². The van der Waals surface area contributed by atoms with Gasteiger partial charge in [-0.1, -0.05) is 62.2 Å². The molecular weight excluding hydrogens is 332 g/mol. The molecule has 27 heavy (non-hydrogen) atoms. The Hall–Kier alpha value is -2.81. The first-order valence-electron chi connectivity index (χ1n) is 9.67. The predicted octanol–water partition coefficient (Wildman–Crippen LogP) is 5.84. The number of unbranched alkanes of at least 4 members (excludes halogenated alkanes) is 1. The minimum Gasteiger partial charge on any atom is -0.298 e. The second kappa shape index (κ2) is 8.72. The van der Waals surface area contributed by atoms with Crippen LogP contribution < -0.4 is 0 Å². The topological polar surface area (TPSA) is 42.9 Å². The lowest BCUT2D eigenvalue weighted by Gasteiger charge is -2.12. The van der Waals surface area contributed by atoms with Gasteiger partial charge in [-0.25, -0.2) is 4.98 Å². The highest BCUT2D eigenvalue weighted by Crippen LogP contribution is 2.30. The Morgan fingerprint density at radius 1 is 0.963 bits per heavy atom. The molecule has 138 valence electrons. The van der Waals surface area contributed by atoms with Crippen LogP contribution in [0.4, 0.5) is 0 Å². The summed E-state index contributed by atoms with van der Waals surface area (Å²) < 4.78 is 0. The van der Waals surface area contributed by atoms with Gasteiger partial charge in [-0.05, 0) is 37.8 Å². The van der Waals surface area contributed by atoms with Crippen LogP contribution in [0.1, 0.15) is 53.9 Å². The molecule has 0 aliphatic rings. The van der Waals surface area contributed by atoms with Crippen LogP contribution in [0, 0.1) is 6.92 Å². The van der Waals surface area contributed by atoms with E-state index in [9.17, 15) is 4.79 Å². The maximum Gasteiger partial charge on any atom is 0.150 e. The minimum atomic E-state index is 0.724. The molecule has 0 bridgehead atoms. The molecule has 3 nitrogen and oxygen atoms in total. The predicted molar refractivity (Wildman–Crippen MR) is 111 cm³/mol. The van der Waals surface area contributed by atoms with Crippen LogP contribution in [-0.4, -0.2) is 16.3 Å². The van der Waals surface area contributed by atoms with Gasteiger partial charge in [0.1, 0.15) is 6.29 Å². The highest BCUT2D eigenvalue weighted by Gasteiger charge is 2.14. The van der Waals surface area contributed by atoms with Gasteiger partial charge in [-0.15, -0.1) is 0 Å². The molecule has 1 heterocycles. The molecule has 0 saturated heterocycles. The molecule has 0 aliphatic heterocycles. The Kier molecular flexibility index (Phi) is 6.12. The Bertz CT molecular complexity index is 930. The highest BCUT2D eigenvalue weighted by molar-refractivity contribution is 5.84. The molecule has 0 spiro atoms. The zero-order valence-corrected chi connectivity index (χ0v) is 16.3. The molecule has 0 N–H and O–H groups in total. The van der Waals surface area contributed by atoms with E-state index in [4.69, 9.17) is 9.97 Å². The average Bonchev–Trinajstić information content (AvgIpc) is 2.72. The molecule has 0 amide bonds. The van der Waals surface area contributed by atoms with Crippen molar-refractivity contribution >= 4 is 6.29 Å².